The third-order valence-corrected chi connectivity index (χ3v) is 4.40. The van der Waals surface area contributed by atoms with Crippen LogP contribution in [0.25, 0.3) is 0 Å². The number of imide groups is 1. The lowest BCUT2D eigenvalue weighted by Gasteiger charge is -2.29. The lowest BCUT2D eigenvalue weighted by Crippen LogP contribution is -2.51. The number of amides is 2. The van der Waals surface area contributed by atoms with E-state index in [1.54, 1.807) is 38.1 Å². The van der Waals surface area contributed by atoms with Crippen LogP contribution in [0.4, 0.5) is 0 Å². The molecule has 2 aromatic carbocycles. The van der Waals surface area contributed by atoms with Gasteiger partial charge in [0, 0.05) is 0 Å². The van der Waals surface area contributed by atoms with Crippen LogP contribution >= 0.6 is 0 Å². The first-order valence-corrected chi connectivity index (χ1v) is 8.79. The molecule has 140 valence electrons. The minimum absolute atomic E-state index is 0.140. The molecule has 1 N–H and O–H groups in total. The summed E-state index contributed by atoms with van der Waals surface area (Å²) in [5.74, 6) is -1.90. The molecule has 27 heavy (non-hydrogen) atoms. The number of rotatable bonds is 6. The van der Waals surface area contributed by atoms with Crippen LogP contribution < -0.4 is 0 Å². The highest BCUT2D eigenvalue weighted by Crippen LogP contribution is 2.27. The average Bonchev–Trinajstić information content (AvgIpc) is 2.91. The van der Waals surface area contributed by atoms with Crippen molar-refractivity contribution in [1.82, 2.24) is 4.90 Å². The smallest absolute Gasteiger partial charge is 0.337 e. The molecule has 0 aliphatic carbocycles. The molecule has 0 fully saturated rings. The van der Waals surface area contributed by atoms with Crippen molar-refractivity contribution in [1.29, 1.82) is 0 Å². The summed E-state index contributed by atoms with van der Waals surface area (Å²) in [6, 6.07) is 14.5. The average molecular weight is 367 g/mol. The van der Waals surface area contributed by atoms with E-state index in [0.717, 1.165) is 10.5 Å². The van der Waals surface area contributed by atoms with E-state index in [2.05, 4.69) is 0 Å². The number of fused-ring (bicyclic) bond motifs is 1. The number of hydrogen-bond donors (Lipinski definition) is 1. The number of aliphatic hydroxyl groups is 1. The second-order valence-electron chi connectivity index (χ2n) is 6.71. The zero-order valence-electron chi connectivity index (χ0n) is 15.2. The highest BCUT2D eigenvalue weighted by Gasteiger charge is 2.44. The molecule has 1 aliphatic heterocycles. The van der Waals surface area contributed by atoms with Crippen molar-refractivity contribution in [2.24, 2.45) is 0 Å². The number of hydrogen-bond acceptors (Lipinski definition) is 5. The molecule has 2 aromatic rings. The van der Waals surface area contributed by atoms with E-state index in [0.29, 0.717) is 0 Å². The van der Waals surface area contributed by atoms with Crippen molar-refractivity contribution >= 4 is 17.8 Å². The van der Waals surface area contributed by atoms with Gasteiger partial charge in [-0.3, -0.25) is 14.5 Å². The van der Waals surface area contributed by atoms with Crippen molar-refractivity contribution in [3.8, 4) is 0 Å². The van der Waals surface area contributed by atoms with Gasteiger partial charge in [0.05, 0.1) is 23.3 Å². The number of aliphatic hydroxyl groups excluding tert-OH is 1. The van der Waals surface area contributed by atoms with Crippen molar-refractivity contribution < 1.29 is 24.2 Å². The molecular formula is C21H21NO5. The number of carbonyl (C=O) groups is 3. The highest BCUT2D eigenvalue weighted by atomic mass is 16.6. The zero-order valence-corrected chi connectivity index (χ0v) is 15.2. The second kappa shape index (κ2) is 7.72. The fourth-order valence-electron chi connectivity index (χ4n) is 3.17. The summed E-state index contributed by atoms with van der Waals surface area (Å²) in [4.78, 5) is 38.9. The minimum Gasteiger partial charge on any atom is -0.461 e. The second-order valence-corrected chi connectivity index (χ2v) is 6.71. The van der Waals surface area contributed by atoms with Crippen LogP contribution in [-0.2, 0) is 16.0 Å². The van der Waals surface area contributed by atoms with E-state index >= 15 is 0 Å². The van der Waals surface area contributed by atoms with E-state index in [4.69, 9.17) is 4.74 Å². The lowest BCUT2D eigenvalue weighted by molar-refractivity contribution is -0.160. The van der Waals surface area contributed by atoms with Gasteiger partial charge >= 0.3 is 5.97 Å². The topological polar surface area (TPSA) is 83.9 Å². The molecule has 2 amide bonds. The van der Waals surface area contributed by atoms with Crippen LogP contribution in [0, 0.1) is 0 Å². The summed E-state index contributed by atoms with van der Waals surface area (Å²) in [7, 11) is 0. The molecule has 0 radical (unpaired) electrons. The fraction of sp³-hybridized carbons (Fsp3) is 0.286. The highest BCUT2D eigenvalue weighted by molar-refractivity contribution is 6.21. The summed E-state index contributed by atoms with van der Waals surface area (Å²) >= 11 is 0. The van der Waals surface area contributed by atoms with Gasteiger partial charge in [-0.2, -0.15) is 0 Å². The Balaban J connectivity index is 1.96. The number of ether oxygens (including phenoxy) is 1. The Kier molecular flexibility index (Phi) is 5.37. The van der Waals surface area contributed by atoms with Crippen molar-refractivity contribution in [3.05, 3.63) is 71.3 Å². The van der Waals surface area contributed by atoms with E-state index in [1.807, 2.05) is 30.3 Å². The molecule has 0 bridgehead atoms. The van der Waals surface area contributed by atoms with Crippen LogP contribution in [0.15, 0.2) is 54.6 Å². The van der Waals surface area contributed by atoms with E-state index in [-0.39, 0.29) is 17.5 Å². The van der Waals surface area contributed by atoms with Crippen LogP contribution in [0.1, 0.15) is 40.1 Å². The molecule has 2 atom stereocenters. The Bertz CT molecular complexity index is 827. The Morgan fingerprint density at radius 2 is 1.48 bits per heavy atom. The molecule has 0 saturated carbocycles. The first-order chi connectivity index (χ1) is 12.9. The van der Waals surface area contributed by atoms with Crippen molar-refractivity contribution in [2.45, 2.75) is 38.5 Å². The first kappa shape index (κ1) is 18.8. The van der Waals surface area contributed by atoms with Gasteiger partial charge < -0.3 is 9.84 Å². The maximum atomic E-state index is 12.8. The van der Waals surface area contributed by atoms with Crippen LogP contribution in [0.5, 0.6) is 0 Å². The Labute approximate surface area is 157 Å². The number of carbonyl (C=O) groups excluding carboxylic acids is 3. The SMILES string of the molecule is CC(C)OC(=O)C(O)C(Cc1ccccc1)N1C(=O)c2ccccc2C1=O. The fourth-order valence-corrected chi connectivity index (χ4v) is 3.17. The summed E-state index contributed by atoms with van der Waals surface area (Å²) < 4.78 is 5.10. The molecular weight excluding hydrogens is 346 g/mol. The predicted molar refractivity (Wildman–Crippen MR) is 98.1 cm³/mol. The van der Waals surface area contributed by atoms with Gasteiger partial charge in [0.1, 0.15) is 0 Å². The first-order valence-electron chi connectivity index (χ1n) is 8.79. The summed E-state index contributed by atoms with van der Waals surface area (Å²) in [5, 5.41) is 10.6. The third-order valence-electron chi connectivity index (χ3n) is 4.40. The minimum atomic E-state index is -1.64. The van der Waals surface area contributed by atoms with Crippen molar-refractivity contribution in [2.75, 3.05) is 0 Å². The standard InChI is InChI=1S/C21H21NO5/c1-13(2)27-21(26)18(23)17(12-14-8-4-3-5-9-14)22-19(24)15-10-6-7-11-16(15)20(22)25/h3-11,13,17-18,23H,12H2,1-2H3. The molecule has 0 aromatic heterocycles. The van der Waals surface area contributed by atoms with E-state index < -0.39 is 36.0 Å². The van der Waals surface area contributed by atoms with Gasteiger partial charge in [0.15, 0.2) is 6.10 Å². The molecule has 1 heterocycles. The summed E-state index contributed by atoms with van der Waals surface area (Å²) in [6.07, 6.45) is -1.93. The van der Waals surface area contributed by atoms with Gasteiger partial charge in [-0.1, -0.05) is 42.5 Å². The Morgan fingerprint density at radius 1 is 0.963 bits per heavy atom. The number of esters is 1. The van der Waals surface area contributed by atoms with Crippen LogP contribution in [0.3, 0.4) is 0 Å². The molecule has 6 heteroatoms. The van der Waals surface area contributed by atoms with Gasteiger partial charge in [-0.15, -0.1) is 0 Å². The molecule has 2 unspecified atom stereocenters. The molecule has 6 nitrogen and oxygen atoms in total. The van der Waals surface area contributed by atoms with Gasteiger partial charge in [0.2, 0.25) is 0 Å². The number of nitrogens with zero attached hydrogens (tertiary/aromatic N) is 1. The molecule has 1 aliphatic rings. The van der Waals surface area contributed by atoms with E-state index in [1.165, 1.54) is 0 Å². The number of benzene rings is 2. The zero-order chi connectivity index (χ0) is 19.6. The Morgan fingerprint density at radius 3 is 2.00 bits per heavy atom. The Hall–Kier alpha value is -2.99. The molecule has 0 spiro atoms. The van der Waals surface area contributed by atoms with E-state index in [9.17, 15) is 19.5 Å². The maximum Gasteiger partial charge on any atom is 0.337 e. The largest absolute Gasteiger partial charge is 0.461 e. The molecule has 3 rings (SSSR count). The predicted octanol–water partition coefficient (Wildman–Crippen LogP) is 2.21. The van der Waals surface area contributed by atoms with Crippen molar-refractivity contribution in [3.63, 3.8) is 0 Å². The van der Waals surface area contributed by atoms with Gasteiger partial charge in [0.25, 0.3) is 11.8 Å². The summed E-state index contributed by atoms with van der Waals surface area (Å²) in [5.41, 5.74) is 1.32. The maximum absolute atomic E-state index is 12.8. The molecule has 0 saturated heterocycles. The normalized spacial score (nSPS) is 15.6. The lowest BCUT2D eigenvalue weighted by atomic mass is 9.99. The summed E-state index contributed by atoms with van der Waals surface area (Å²) in [6.45, 7) is 3.33. The van der Waals surface area contributed by atoms with Gasteiger partial charge in [-0.05, 0) is 38.0 Å². The van der Waals surface area contributed by atoms with Gasteiger partial charge in [-0.25, -0.2) is 4.79 Å². The quantitative estimate of drug-likeness (QED) is 0.625. The monoisotopic (exact) mass is 367 g/mol. The van der Waals surface area contributed by atoms with Crippen LogP contribution in [-0.4, -0.2) is 46.0 Å². The third kappa shape index (κ3) is 3.75. The van der Waals surface area contributed by atoms with Crippen LogP contribution in [0.2, 0.25) is 0 Å².